The van der Waals surface area contributed by atoms with Crippen LogP contribution in [0.2, 0.25) is 0 Å². The first-order valence-corrected chi connectivity index (χ1v) is 9.80. The van der Waals surface area contributed by atoms with Gasteiger partial charge >= 0.3 is 0 Å². The summed E-state index contributed by atoms with van der Waals surface area (Å²) in [6.07, 6.45) is 0.596. The average Bonchev–Trinajstić information content (AvgIpc) is 2.68. The van der Waals surface area contributed by atoms with Crippen molar-refractivity contribution in [3.8, 4) is 5.75 Å². The van der Waals surface area contributed by atoms with Gasteiger partial charge in [-0.1, -0.05) is 18.2 Å². The Bertz CT molecular complexity index is 813. The number of nitrogens with one attached hydrogen (secondary N) is 3. The maximum absolute atomic E-state index is 13.8. The Morgan fingerprint density at radius 3 is 2.43 bits per heavy atom. The van der Waals surface area contributed by atoms with Crippen LogP contribution >= 0.6 is 24.0 Å². The highest BCUT2D eigenvalue weighted by Gasteiger charge is 2.06. The van der Waals surface area contributed by atoms with Gasteiger partial charge in [0.25, 0.3) is 0 Å². The Balaban J connectivity index is 0.00000450. The molecule has 8 heteroatoms. The number of hydrogen-bond donors (Lipinski definition) is 3. The van der Waals surface area contributed by atoms with Crippen molar-refractivity contribution in [1.29, 1.82) is 0 Å². The highest BCUT2D eigenvalue weighted by molar-refractivity contribution is 14.0. The van der Waals surface area contributed by atoms with E-state index < -0.39 is 0 Å². The predicted molar refractivity (Wildman–Crippen MR) is 130 cm³/mol. The van der Waals surface area contributed by atoms with Crippen molar-refractivity contribution >= 4 is 41.5 Å². The van der Waals surface area contributed by atoms with Gasteiger partial charge < -0.3 is 20.7 Å². The Kier molecular flexibility index (Phi) is 11.8. The second kappa shape index (κ2) is 13.8. The van der Waals surface area contributed by atoms with Gasteiger partial charge in [-0.15, -0.1) is 24.0 Å². The summed E-state index contributed by atoms with van der Waals surface area (Å²) in [6, 6.07) is 14.1. The number of hydrogen-bond acceptors (Lipinski definition) is 3. The number of nitrogens with zero attached hydrogens (tertiary/aromatic N) is 1. The first kappa shape index (κ1) is 25.7. The van der Waals surface area contributed by atoms with Crippen LogP contribution in [0.15, 0.2) is 53.5 Å². The quantitative estimate of drug-likeness (QED) is 0.262. The fraction of sp³-hybridized carbons (Fsp3) is 0.364. The Hall–Kier alpha value is -2.36. The molecule has 0 aliphatic carbocycles. The van der Waals surface area contributed by atoms with Crippen LogP contribution in [0, 0.1) is 5.82 Å². The van der Waals surface area contributed by atoms with Gasteiger partial charge in [0.2, 0.25) is 5.91 Å². The molecule has 0 spiro atoms. The third-order valence-electron chi connectivity index (χ3n) is 3.89. The van der Waals surface area contributed by atoms with Gasteiger partial charge in [-0.2, -0.15) is 0 Å². The van der Waals surface area contributed by atoms with Crippen molar-refractivity contribution < 1.29 is 13.9 Å². The van der Waals surface area contributed by atoms with Crippen molar-refractivity contribution in [2.45, 2.75) is 33.3 Å². The number of carbonyl (C=O) groups excluding carboxylic acids is 1. The van der Waals surface area contributed by atoms with Gasteiger partial charge in [0, 0.05) is 18.8 Å². The predicted octanol–water partition coefficient (Wildman–Crippen LogP) is 3.97. The average molecular weight is 528 g/mol. The number of carbonyl (C=O) groups is 1. The maximum Gasteiger partial charge on any atom is 0.241 e. The first-order valence-electron chi connectivity index (χ1n) is 9.80. The van der Waals surface area contributed by atoms with E-state index in [2.05, 4.69) is 20.9 Å². The molecule has 2 aromatic rings. The molecule has 2 aromatic carbocycles. The summed E-state index contributed by atoms with van der Waals surface area (Å²) in [4.78, 5) is 16.1. The molecular formula is C22H30FIN4O2. The van der Waals surface area contributed by atoms with Crippen molar-refractivity contribution in [3.63, 3.8) is 0 Å². The molecule has 0 bridgehead atoms. The van der Waals surface area contributed by atoms with E-state index in [-0.39, 0.29) is 48.3 Å². The number of aliphatic imine (C=N–C) groups is 1. The van der Waals surface area contributed by atoms with Crippen LogP contribution in [-0.4, -0.2) is 37.6 Å². The molecule has 0 saturated heterocycles. The molecule has 0 aliphatic heterocycles. The van der Waals surface area contributed by atoms with Gasteiger partial charge in [0.15, 0.2) is 5.96 Å². The van der Waals surface area contributed by atoms with E-state index in [1.165, 1.54) is 6.07 Å². The number of guanidine groups is 1. The lowest BCUT2D eigenvalue weighted by molar-refractivity contribution is -0.119. The summed E-state index contributed by atoms with van der Waals surface area (Å²) in [5, 5.41) is 9.03. The van der Waals surface area contributed by atoms with E-state index in [0.717, 1.165) is 11.4 Å². The van der Waals surface area contributed by atoms with Crippen LogP contribution in [0.1, 0.15) is 26.3 Å². The van der Waals surface area contributed by atoms with Gasteiger partial charge in [0.05, 0.1) is 6.10 Å². The van der Waals surface area contributed by atoms with Gasteiger partial charge in [-0.25, -0.2) is 9.38 Å². The standard InChI is InChI=1S/C22H29FN4O2.HI/c1-4-24-21(28)15-26-22(25-14-13-17-7-5-6-8-20(17)23)27-18-9-11-19(12-10-18)29-16(2)3;/h5-12,16H,4,13-15H2,1-3H3,(H,24,28)(H2,25,26,27);1H. The summed E-state index contributed by atoms with van der Waals surface area (Å²) in [6.45, 7) is 6.81. The fourth-order valence-electron chi connectivity index (χ4n) is 2.59. The minimum absolute atomic E-state index is 0. The summed E-state index contributed by atoms with van der Waals surface area (Å²) in [5.41, 5.74) is 1.42. The molecule has 0 heterocycles. The van der Waals surface area contributed by atoms with Crippen LogP contribution in [0.5, 0.6) is 5.75 Å². The van der Waals surface area contributed by atoms with Crippen LogP contribution in [0.4, 0.5) is 10.1 Å². The highest BCUT2D eigenvalue weighted by atomic mass is 127. The van der Waals surface area contributed by atoms with Crippen LogP contribution in [0.3, 0.4) is 0 Å². The summed E-state index contributed by atoms with van der Waals surface area (Å²) < 4.78 is 19.4. The van der Waals surface area contributed by atoms with Crippen molar-refractivity contribution in [2.24, 2.45) is 4.99 Å². The van der Waals surface area contributed by atoms with Crippen molar-refractivity contribution in [3.05, 3.63) is 59.9 Å². The lowest BCUT2D eigenvalue weighted by Crippen LogP contribution is -2.34. The summed E-state index contributed by atoms with van der Waals surface area (Å²) >= 11 is 0. The Morgan fingerprint density at radius 1 is 1.10 bits per heavy atom. The van der Waals surface area contributed by atoms with E-state index in [9.17, 15) is 9.18 Å². The lowest BCUT2D eigenvalue weighted by atomic mass is 10.1. The molecule has 6 nitrogen and oxygen atoms in total. The second-order valence-electron chi connectivity index (χ2n) is 6.70. The number of ether oxygens (including phenoxy) is 1. The van der Waals surface area contributed by atoms with Crippen molar-refractivity contribution in [1.82, 2.24) is 10.6 Å². The van der Waals surface area contributed by atoms with Crippen molar-refractivity contribution in [2.75, 3.05) is 25.0 Å². The van der Waals surface area contributed by atoms with Crippen LogP contribution < -0.4 is 20.7 Å². The first-order chi connectivity index (χ1) is 14.0. The fourth-order valence-corrected chi connectivity index (χ4v) is 2.59. The van der Waals surface area contributed by atoms with Gasteiger partial charge in [0.1, 0.15) is 18.1 Å². The zero-order chi connectivity index (χ0) is 21.1. The summed E-state index contributed by atoms with van der Waals surface area (Å²) in [5.74, 6) is 0.830. The third kappa shape index (κ3) is 9.43. The molecule has 0 aliphatic rings. The highest BCUT2D eigenvalue weighted by Crippen LogP contribution is 2.16. The molecule has 1 amide bonds. The molecule has 0 saturated carbocycles. The molecule has 30 heavy (non-hydrogen) atoms. The molecule has 0 radical (unpaired) electrons. The van der Waals surface area contributed by atoms with E-state index in [1.807, 2.05) is 51.1 Å². The molecule has 2 rings (SSSR count). The number of rotatable bonds is 9. The second-order valence-corrected chi connectivity index (χ2v) is 6.70. The molecule has 0 aromatic heterocycles. The normalized spacial score (nSPS) is 10.9. The van der Waals surface area contributed by atoms with Crippen LogP contribution in [-0.2, 0) is 11.2 Å². The molecule has 0 atom stereocenters. The van der Waals surface area contributed by atoms with E-state index >= 15 is 0 Å². The molecule has 0 unspecified atom stereocenters. The monoisotopic (exact) mass is 528 g/mol. The zero-order valence-corrected chi connectivity index (χ0v) is 19.9. The van der Waals surface area contributed by atoms with Gasteiger partial charge in [-0.3, -0.25) is 4.79 Å². The Morgan fingerprint density at radius 2 is 1.80 bits per heavy atom. The minimum Gasteiger partial charge on any atom is -0.491 e. The van der Waals surface area contributed by atoms with Gasteiger partial charge in [-0.05, 0) is 63.1 Å². The maximum atomic E-state index is 13.8. The molecule has 164 valence electrons. The van der Waals surface area contributed by atoms with E-state index in [4.69, 9.17) is 4.74 Å². The van der Waals surface area contributed by atoms with Crippen LogP contribution in [0.25, 0.3) is 0 Å². The number of likely N-dealkylation sites (N-methyl/N-ethyl adjacent to an activating group) is 1. The SMILES string of the molecule is CCNC(=O)CN=C(NCCc1ccccc1F)Nc1ccc(OC(C)C)cc1.I. The third-order valence-corrected chi connectivity index (χ3v) is 3.89. The minimum atomic E-state index is -0.233. The molecule has 0 fully saturated rings. The smallest absolute Gasteiger partial charge is 0.241 e. The molecule has 3 N–H and O–H groups in total. The van der Waals surface area contributed by atoms with E-state index in [1.54, 1.807) is 12.1 Å². The summed E-state index contributed by atoms with van der Waals surface area (Å²) in [7, 11) is 0. The largest absolute Gasteiger partial charge is 0.491 e. The lowest BCUT2D eigenvalue weighted by Gasteiger charge is -2.14. The van der Waals surface area contributed by atoms with E-state index in [0.29, 0.717) is 31.0 Å². The number of amides is 1. The number of benzene rings is 2. The topological polar surface area (TPSA) is 74.8 Å². The number of anilines is 1. The molecular weight excluding hydrogens is 498 g/mol. The zero-order valence-electron chi connectivity index (χ0n) is 17.6. The number of halogens is 2. The Labute approximate surface area is 194 Å².